The molecule has 1 aliphatic rings. The quantitative estimate of drug-likeness (QED) is 0.724. The Labute approximate surface area is 107 Å². The van der Waals surface area contributed by atoms with E-state index in [1.54, 1.807) is 0 Å². The monoisotopic (exact) mass is 241 g/mol. The van der Waals surface area contributed by atoms with E-state index in [0.29, 0.717) is 11.3 Å². The van der Waals surface area contributed by atoms with Crippen LogP contribution in [-0.4, -0.2) is 23.8 Å². The van der Waals surface area contributed by atoms with Gasteiger partial charge in [0.2, 0.25) is 0 Å². The molecule has 1 fully saturated rings. The molecule has 102 valence electrons. The summed E-state index contributed by atoms with van der Waals surface area (Å²) in [6.07, 6.45) is 6.90. The third-order valence-electron chi connectivity index (χ3n) is 4.63. The highest BCUT2D eigenvalue weighted by atomic mass is 16.3. The highest BCUT2D eigenvalue weighted by Gasteiger charge is 2.29. The van der Waals surface area contributed by atoms with Crippen molar-refractivity contribution < 1.29 is 5.11 Å². The molecule has 0 saturated heterocycles. The minimum absolute atomic E-state index is 0.307. The summed E-state index contributed by atoms with van der Waals surface area (Å²) in [6.45, 7) is 10.9. The maximum atomic E-state index is 10.5. The molecule has 0 aromatic carbocycles. The van der Waals surface area contributed by atoms with Gasteiger partial charge in [-0.2, -0.15) is 0 Å². The van der Waals surface area contributed by atoms with Crippen LogP contribution in [0.1, 0.15) is 66.2 Å². The van der Waals surface area contributed by atoms with Crippen molar-refractivity contribution >= 4 is 0 Å². The molecule has 0 spiro atoms. The fourth-order valence-electron chi connectivity index (χ4n) is 2.38. The van der Waals surface area contributed by atoms with Crippen LogP contribution in [0, 0.1) is 11.3 Å². The van der Waals surface area contributed by atoms with Crippen molar-refractivity contribution in [2.24, 2.45) is 11.3 Å². The minimum atomic E-state index is -0.441. The van der Waals surface area contributed by atoms with Gasteiger partial charge in [-0.25, -0.2) is 0 Å². The normalized spacial score (nSPS) is 21.5. The van der Waals surface area contributed by atoms with Gasteiger partial charge in [-0.15, -0.1) is 0 Å². The number of hydrogen-bond acceptors (Lipinski definition) is 2. The maximum Gasteiger partial charge on any atom is 0.0771 e. The largest absolute Gasteiger partial charge is 0.389 e. The Balaban J connectivity index is 2.34. The smallest absolute Gasteiger partial charge is 0.0771 e. The fraction of sp³-hybridized carbons (Fsp3) is 1.00. The summed E-state index contributed by atoms with van der Waals surface area (Å²) in [5.41, 5.74) is -0.134. The van der Waals surface area contributed by atoms with Crippen LogP contribution in [0.4, 0.5) is 0 Å². The number of aliphatic hydroxyl groups is 1. The number of rotatable bonds is 5. The summed E-state index contributed by atoms with van der Waals surface area (Å²) in [7, 11) is 0. The van der Waals surface area contributed by atoms with Gasteiger partial charge in [-0.1, -0.05) is 53.4 Å². The highest BCUT2D eigenvalue weighted by Crippen LogP contribution is 2.28. The lowest BCUT2D eigenvalue weighted by Gasteiger charge is -2.33. The zero-order chi connectivity index (χ0) is 12.9. The Hall–Kier alpha value is -0.0800. The molecule has 1 aliphatic carbocycles. The molecule has 0 aromatic heterocycles. The Morgan fingerprint density at radius 1 is 1.12 bits per heavy atom. The molecule has 1 saturated carbocycles. The molecular weight excluding hydrogens is 210 g/mol. The van der Waals surface area contributed by atoms with Crippen LogP contribution in [0.3, 0.4) is 0 Å². The van der Waals surface area contributed by atoms with Gasteiger partial charge in [-0.3, -0.25) is 0 Å². The molecule has 0 aromatic rings. The van der Waals surface area contributed by atoms with Crippen molar-refractivity contribution in [2.75, 3.05) is 13.1 Å². The van der Waals surface area contributed by atoms with E-state index in [4.69, 9.17) is 0 Å². The van der Waals surface area contributed by atoms with Crippen molar-refractivity contribution in [1.29, 1.82) is 0 Å². The lowest BCUT2D eigenvalue weighted by atomic mass is 9.81. The van der Waals surface area contributed by atoms with Crippen LogP contribution in [0.2, 0.25) is 0 Å². The summed E-state index contributed by atoms with van der Waals surface area (Å²) < 4.78 is 0. The molecule has 0 atom stereocenters. The van der Waals surface area contributed by atoms with E-state index in [0.717, 1.165) is 25.9 Å². The topological polar surface area (TPSA) is 32.3 Å². The summed E-state index contributed by atoms with van der Waals surface area (Å²) in [4.78, 5) is 0. The van der Waals surface area contributed by atoms with E-state index in [-0.39, 0.29) is 0 Å². The highest BCUT2D eigenvalue weighted by molar-refractivity contribution is 4.85. The Morgan fingerprint density at radius 2 is 1.65 bits per heavy atom. The second-order valence-electron chi connectivity index (χ2n) is 6.89. The van der Waals surface area contributed by atoms with Gasteiger partial charge >= 0.3 is 0 Å². The molecule has 2 heteroatoms. The van der Waals surface area contributed by atoms with Crippen molar-refractivity contribution in [2.45, 2.75) is 71.8 Å². The Bertz CT molecular complexity index is 215. The SMILES string of the molecule is CC(C)C(C)(C)CNCC1(O)CCCCCC1. The molecule has 0 aliphatic heterocycles. The fourth-order valence-corrected chi connectivity index (χ4v) is 2.38. The van der Waals surface area contributed by atoms with Crippen molar-refractivity contribution in [1.82, 2.24) is 5.32 Å². The molecule has 0 unspecified atom stereocenters. The van der Waals surface area contributed by atoms with Gasteiger partial charge < -0.3 is 10.4 Å². The van der Waals surface area contributed by atoms with Crippen LogP contribution in [0.5, 0.6) is 0 Å². The van der Waals surface area contributed by atoms with E-state index < -0.39 is 5.60 Å². The van der Waals surface area contributed by atoms with E-state index in [1.165, 1.54) is 25.7 Å². The summed E-state index contributed by atoms with van der Waals surface area (Å²) in [5.74, 6) is 0.666. The zero-order valence-electron chi connectivity index (χ0n) is 12.2. The third-order valence-corrected chi connectivity index (χ3v) is 4.63. The standard InChI is InChI=1S/C15H31NO/c1-13(2)14(3,4)11-16-12-15(17)9-7-5-6-8-10-15/h13,16-17H,5-12H2,1-4H3. The first-order valence-corrected chi connectivity index (χ1v) is 7.29. The first-order chi connectivity index (χ1) is 7.86. The molecule has 0 heterocycles. The van der Waals surface area contributed by atoms with E-state index in [1.807, 2.05) is 0 Å². The Morgan fingerprint density at radius 3 is 2.12 bits per heavy atom. The van der Waals surface area contributed by atoms with Crippen LogP contribution in [-0.2, 0) is 0 Å². The molecule has 2 nitrogen and oxygen atoms in total. The van der Waals surface area contributed by atoms with Crippen LogP contribution in [0.15, 0.2) is 0 Å². The lowest BCUT2D eigenvalue weighted by molar-refractivity contribution is 0.0223. The Kier molecular flexibility index (Phi) is 5.46. The second-order valence-corrected chi connectivity index (χ2v) is 6.89. The predicted octanol–water partition coefficient (Wildman–Crippen LogP) is 3.34. The van der Waals surface area contributed by atoms with Gasteiger partial charge in [-0.05, 0) is 24.2 Å². The molecule has 1 rings (SSSR count). The molecule has 0 radical (unpaired) electrons. The summed E-state index contributed by atoms with van der Waals surface area (Å²) in [5, 5.41) is 14.0. The van der Waals surface area contributed by atoms with Crippen molar-refractivity contribution in [3.8, 4) is 0 Å². The van der Waals surface area contributed by atoms with Crippen LogP contribution >= 0.6 is 0 Å². The van der Waals surface area contributed by atoms with E-state index in [2.05, 4.69) is 33.0 Å². The predicted molar refractivity (Wildman–Crippen MR) is 74.1 cm³/mol. The average molecular weight is 241 g/mol. The van der Waals surface area contributed by atoms with E-state index >= 15 is 0 Å². The molecule has 17 heavy (non-hydrogen) atoms. The van der Waals surface area contributed by atoms with Crippen molar-refractivity contribution in [3.63, 3.8) is 0 Å². The van der Waals surface area contributed by atoms with Crippen LogP contribution < -0.4 is 5.32 Å². The lowest BCUT2D eigenvalue weighted by Crippen LogP contribution is -2.44. The minimum Gasteiger partial charge on any atom is -0.389 e. The molecule has 0 amide bonds. The van der Waals surface area contributed by atoms with E-state index in [9.17, 15) is 5.11 Å². The second kappa shape index (κ2) is 6.19. The van der Waals surface area contributed by atoms with Gasteiger partial charge in [0, 0.05) is 13.1 Å². The van der Waals surface area contributed by atoms with Crippen molar-refractivity contribution in [3.05, 3.63) is 0 Å². The van der Waals surface area contributed by atoms with Gasteiger partial charge in [0.25, 0.3) is 0 Å². The number of nitrogens with one attached hydrogen (secondary N) is 1. The zero-order valence-corrected chi connectivity index (χ0v) is 12.2. The molecule has 0 bridgehead atoms. The first-order valence-electron chi connectivity index (χ1n) is 7.29. The van der Waals surface area contributed by atoms with Gasteiger partial charge in [0.1, 0.15) is 0 Å². The summed E-state index contributed by atoms with van der Waals surface area (Å²) in [6, 6.07) is 0. The summed E-state index contributed by atoms with van der Waals surface area (Å²) >= 11 is 0. The molecule has 2 N–H and O–H groups in total. The van der Waals surface area contributed by atoms with Crippen LogP contribution in [0.25, 0.3) is 0 Å². The third kappa shape index (κ3) is 4.97. The maximum absolute atomic E-state index is 10.5. The van der Waals surface area contributed by atoms with Gasteiger partial charge in [0.05, 0.1) is 5.60 Å². The average Bonchev–Trinajstić information content (AvgIpc) is 2.43. The number of hydrogen-bond donors (Lipinski definition) is 2. The van der Waals surface area contributed by atoms with Gasteiger partial charge in [0.15, 0.2) is 0 Å². The first kappa shape index (κ1) is 15.0. The molecular formula is C15H31NO.